The lowest BCUT2D eigenvalue weighted by atomic mass is 10.0. The fourth-order valence-corrected chi connectivity index (χ4v) is 3.08. The molecular weight excluding hydrogens is 395 g/mol. The molecule has 31 heavy (non-hydrogen) atoms. The summed E-state index contributed by atoms with van der Waals surface area (Å²) in [6.07, 6.45) is 1.56. The maximum atomic E-state index is 14.9. The first-order valence-corrected chi connectivity index (χ1v) is 9.80. The standard InChI is InChI=1S/C23H23FN6O/c1-4-30(5-2)22(31)18-10-8-16(12-19(18)24)21-17(14(3)28-23(26)29-21)9-6-15-7-11-20(25)27-13-15/h7-8,10-13H,4-5H2,1-3H3,(H2,25,27)(H2,26,28,29). The molecule has 0 saturated heterocycles. The molecule has 0 aliphatic rings. The number of hydrogen-bond donors (Lipinski definition) is 2. The normalized spacial score (nSPS) is 10.3. The Hall–Kier alpha value is -3.99. The van der Waals surface area contributed by atoms with Crippen LogP contribution >= 0.6 is 0 Å². The van der Waals surface area contributed by atoms with Crippen molar-refractivity contribution in [3.8, 4) is 23.1 Å². The van der Waals surface area contributed by atoms with E-state index < -0.39 is 5.82 Å². The zero-order valence-electron chi connectivity index (χ0n) is 17.6. The third-order valence-electron chi connectivity index (χ3n) is 4.75. The molecule has 0 aliphatic heterocycles. The largest absolute Gasteiger partial charge is 0.384 e. The average Bonchev–Trinajstić information content (AvgIpc) is 2.74. The van der Waals surface area contributed by atoms with E-state index >= 15 is 0 Å². The molecule has 0 aliphatic carbocycles. The zero-order chi connectivity index (χ0) is 22.5. The number of halogens is 1. The van der Waals surface area contributed by atoms with Crippen LogP contribution in [-0.2, 0) is 0 Å². The Bertz CT molecular complexity index is 1180. The molecule has 2 aromatic heterocycles. The summed E-state index contributed by atoms with van der Waals surface area (Å²) < 4.78 is 14.9. The molecule has 0 spiro atoms. The fraction of sp³-hybridized carbons (Fsp3) is 0.217. The Labute approximate surface area is 180 Å². The summed E-state index contributed by atoms with van der Waals surface area (Å²) in [5.41, 5.74) is 14.0. The Kier molecular flexibility index (Phi) is 6.46. The number of carbonyl (C=O) groups is 1. The third kappa shape index (κ3) is 4.78. The predicted molar refractivity (Wildman–Crippen MR) is 118 cm³/mol. The lowest BCUT2D eigenvalue weighted by molar-refractivity contribution is 0.0768. The SMILES string of the molecule is CCN(CC)C(=O)c1ccc(-c2nc(N)nc(C)c2C#Cc2ccc(N)nc2)cc1F. The van der Waals surface area contributed by atoms with Crippen LogP contribution in [0.3, 0.4) is 0 Å². The molecule has 158 valence electrons. The highest BCUT2D eigenvalue weighted by atomic mass is 19.1. The molecular formula is C23H23FN6O. The first-order valence-electron chi connectivity index (χ1n) is 9.80. The summed E-state index contributed by atoms with van der Waals surface area (Å²) in [4.78, 5) is 26.6. The van der Waals surface area contributed by atoms with Gasteiger partial charge in [-0.05, 0) is 45.0 Å². The fourth-order valence-electron chi connectivity index (χ4n) is 3.08. The van der Waals surface area contributed by atoms with Crippen LogP contribution in [0.4, 0.5) is 16.2 Å². The summed E-state index contributed by atoms with van der Waals surface area (Å²) in [5, 5.41) is 0. The van der Waals surface area contributed by atoms with E-state index in [0.717, 1.165) is 0 Å². The second-order valence-corrected chi connectivity index (χ2v) is 6.78. The highest BCUT2D eigenvalue weighted by Gasteiger charge is 2.19. The van der Waals surface area contributed by atoms with E-state index in [9.17, 15) is 9.18 Å². The number of pyridine rings is 1. The molecule has 7 nitrogen and oxygen atoms in total. The predicted octanol–water partition coefficient (Wildman–Crippen LogP) is 3.03. The molecule has 1 aromatic carbocycles. The maximum Gasteiger partial charge on any atom is 0.256 e. The van der Waals surface area contributed by atoms with Crippen LogP contribution in [0.2, 0.25) is 0 Å². The number of nitrogens with zero attached hydrogens (tertiary/aromatic N) is 4. The average molecular weight is 418 g/mol. The number of benzene rings is 1. The second kappa shape index (κ2) is 9.22. The van der Waals surface area contributed by atoms with Crippen LogP contribution in [-0.4, -0.2) is 38.8 Å². The molecule has 0 saturated carbocycles. The molecule has 1 amide bonds. The molecule has 0 atom stereocenters. The van der Waals surface area contributed by atoms with E-state index in [4.69, 9.17) is 11.5 Å². The Balaban J connectivity index is 2.06. The zero-order valence-corrected chi connectivity index (χ0v) is 17.6. The Morgan fingerprint density at radius 1 is 1.10 bits per heavy atom. The third-order valence-corrected chi connectivity index (χ3v) is 4.75. The van der Waals surface area contributed by atoms with E-state index in [1.165, 1.54) is 12.1 Å². The first-order chi connectivity index (χ1) is 14.8. The number of aryl methyl sites for hydroxylation is 1. The van der Waals surface area contributed by atoms with Crippen molar-refractivity contribution >= 4 is 17.7 Å². The van der Waals surface area contributed by atoms with Gasteiger partial charge in [-0.25, -0.2) is 19.3 Å². The number of amides is 1. The van der Waals surface area contributed by atoms with E-state index in [2.05, 4.69) is 26.8 Å². The molecule has 0 bridgehead atoms. The number of carbonyl (C=O) groups excluding carboxylic acids is 1. The van der Waals surface area contributed by atoms with Gasteiger partial charge in [0.1, 0.15) is 11.6 Å². The van der Waals surface area contributed by atoms with Gasteiger partial charge in [0.15, 0.2) is 0 Å². The Morgan fingerprint density at radius 2 is 1.84 bits per heavy atom. The van der Waals surface area contributed by atoms with Crippen molar-refractivity contribution in [1.29, 1.82) is 0 Å². The molecule has 2 heterocycles. The Morgan fingerprint density at radius 3 is 2.45 bits per heavy atom. The lowest BCUT2D eigenvalue weighted by Gasteiger charge is -2.19. The molecule has 0 radical (unpaired) electrons. The summed E-state index contributed by atoms with van der Waals surface area (Å²) >= 11 is 0. The van der Waals surface area contributed by atoms with Gasteiger partial charge in [-0.15, -0.1) is 0 Å². The van der Waals surface area contributed by atoms with Gasteiger partial charge in [0, 0.05) is 30.4 Å². The van der Waals surface area contributed by atoms with E-state index in [1.807, 2.05) is 13.8 Å². The van der Waals surface area contributed by atoms with E-state index in [1.54, 1.807) is 36.2 Å². The molecule has 0 unspecified atom stereocenters. The number of nitrogens with two attached hydrogens (primary N) is 2. The highest BCUT2D eigenvalue weighted by Crippen LogP contribution is 2.26. The number of anilines is 2. The quantitative estimate of drug-likeness (QED) is 0.630. The van der Waals surface area contributed by atoms with E-state index in [-0.39, 0.29) is 17.4 Å². The van der Waals surface area contributed by atoms with Gasteiger partial charge in [-0.3, -0.25) is 4.79 Å². The lowest BCUT2D eigenvalue weighted by Crippen LogP contribution is -2.31. The summed E-state index contributed by atoms with van der Waals surface area (Å²) in [7, 11) is 0. The first kappa shape index (κ1) is 21.7. The van der Waals surface area contributed by atoms with Gasteiger partial charge in [-0.1, -0.05) is 17.9 Å². The molecule has 3 rings (SSSR count). The smallest absolute Gasteiger partial charge is 0.256 e. The number of hydrogen-bond acceptors (Lipinski definition) is 6. The van der Waals surface area contributed by atoms with Crippen molar-refractivity contribution in [3.63, 3.8) is 0 Å². The van der Waals surface area contributed by atoms with Crippen molar-refractivity contribution < 1.29 is 9.18 Å². The number of rotatable bonds is 4. The minimum Gasteiger partial charge on any atom is -0.384 e. The van der Waals surface area contributed by atoms with Crippen LogP contribution < -0.4 is 11.5 Å². The van der Waals surface area contributed by atoms with E-state index in [0.29, 0.717) is 47.0 Å². The van der Waals surface area contributed by atoms with Crippen molar-refractivity contribution in [1.82, 2.24) is 19.9 Å². The molecule has 4 N–H and O–H groups in total. The van der Waals surface area contributed by atoms with Gasteiger partial charge in [0.05, 0.1) is 22.5 Å². The van der Waals surface area contributed by atoms with Gasteiger partial charge in [0.25, 0.3) is 5.91 Å². The minimum absolute atomic E-state index is 0.00628. The minimum atomic E-state index is -0.633. The van der Waals surface area contributed by atoms with Crippen LogP contribution in [0.25, 0.3) is 11.3 Å². The maximum absolute atomic E-state index is 14.9. The molecule has 8 heteroatoms. The van der Waals surface area contributed by atoms with Crippen LogP contribution in [0.15, 0.2) is 36.5 Å². The van der Waals surface area contributed by atoms with Gasteiger partial charge in [-0.2, -0.15) is 0 Å². The van der Waals surface area contributed by atoms with Gasteiger partial charge >= 0.3 is 0 Å². The van der Waals surface area contributed by atoms with Crippen LogP contribution in [0.5, 0.6) is 0 Å². The summed E-state index contributed by atoms with van der Waals surface area (Å²) in [6, 6.07) is 7.76. The number of aromatic nitrogens is 3. The van der Waals surface area contributed by atoms with Crippen LogP contribution in [0, 0.1) is 24.6 Å². The topological polar surface area (TPSA) is 111 Å². The van der Waals surface area contributed by atoms with Crippen molar-refractivity contribution in [2.75, 3.05) is 24.6 Å². The number of nitrogen functional groups attached to an aromatic ring is 2. The van der Waals surface area contributed by atoms with Gasteiger partial charge < -0.3 is 16.4 Å². The second-order valence-electron chi connectivity index (χ2n) is 6.78. The van der Waals surface area contributed by atoms with Crippen molar-refractivity contribution in [2.45, 2.75) is 20.8 Å². The summed E-state index contributed by atoms with van der Waals surface area (Å²) in [5.74, 6) is 5.47. The molecule has 3 aromatic rings. The van der Waals surface area contributed by atoms with Crippen molar-refractivity contribution in [2.24, 2.45) is 0 Å². The van der Waals surface area contributed by atoms with Crippen LogP contribution in [0.1, 0.15) is 41.0 Å². The monoisotopic (exact) mass is 418 g/mol. The van der Waals surface area contributed by atoms with Gasteiger partial charge in [0.2, 0.25) is 5.95 Å². The van der Waals surface area contributed by atoms with Crippen molar-refractivity contribution in [3.05, 3.63) is 64.7 Å². The molecule has 0 fully saturated rings. The highest BCUT2D eigenvalue weighted by molar-refractivity contribution is 5.95. The summed E-state index contributed by atoms with van der Waals surface area (Å²) in [6.45, 7) is 6.44.